The molecule has 2 fully saturated rings. The Bertz CT molecular complexity index is 714. The van der Waals surface area contributed by atoms with Gasteiger partial charge in [0.25, 0.3) is 0 Å². The number of amides is 1. The molecular weight excluding hydrogens is 314 g/mol. The number of benzene rings is 1. The predicted molar refractivity (Wildman–Crippen MR) is 94.7 cm³/mol. The molecule has 2 aromatic rings. The first-order chi connectivity index (χ1) is 12.2. The summed E-state index contributed by atoms with van der Waals surface area (Å²) in [4.78, 5) is 12.7. The minimum atomic E-state index is 0.0863. The van der Waals surface area contributed by atoms with Crippen LogP contribution in [-0.4, -0.2) is 26.7 Å². The third kappa shape index (κ3) is 3.31. The van der Waals surface area contributed by atoms with Gasteiger partial charge in [-0.3, -0.25) is 9.36 Å². The van der Waals surface area contributed by atoms with Crippen LogP contribution < -0.4 is 11.1 Å². The standard InChI is InChI=1S/C19H25N5O/c20-18-13-5-4-6-14(18)10-15(9-13)19(25)21-11-17-23-22-12-24(17)16-7-2-1-3-8-16/h1-3,7-8,12-15,18H,4-6,9-11,20H2,(H,21,25). The van der Waals surface area contributed by atoms with Crippen LogP contribution in [0.15, 0.2) is 36.7 Å². The monoisotopic (exact) mass is 339 g/mol. The Labute approximate surface area is 147 Å². The number of fused-ring (bicyclic) bond motifs is 2. The lowest BCUT2D eigenvalue weighted by molar-refractivity contribution is -0.128. The lowest BCUT2D eigenvalue weighted by Crippen LogP contribution is -2.49. The number of carbonyl (C=O) groups is 1. The Morgan fingerprint density at radius 3 is 2.64 bits per heavy atom. The van der Waals surface area contributed by atoms with E-state index in [0.717, 1.165) is 24.4 Å². The molecule has 2 unspecified atom stereocenters. The van der Waals surface area contributed by atoms with E-state index in [1.165, 1.54) is 19.3 Å². The molecule has 6 nitrogen and oxygen atoms in total. The van der Waals surface area contributed by atoms with Crippen molar-refractivity contribution in [3.05, 3.63) is 42.5 Å². The first-order valence-corrected chi connectivity index (χ1v) is 9.20. The Balaban J connectivity index is 1.39. The summed E-state index contributed by atoms with van der Waals surface area (Å²) in [6, 6.07) is 10.2. The average molecular weight is 339 g/mol. The number of aromatic nitrogens is 3. The summed E-state index contributed by atoms with van der Waals surface area (Å²) in [6.45, 7) is 0.394. The van der Waals surface area contributed by atoms with Gasteiger partial charge in [-0.15, -0.1) is 10.2 Å². The second-order valence-electron chi connectivity index (χ2n) is 7.37. The molecule has 2 atom stereocenters. The largest absolute Gasteiger partial charge is 0.349 e. The first kappa shape index (κ1) is 16.3. The predicted octanol–water partition coefficient (Wildman–Crippen LogP) is 2.04. The van der Waals surface area contributed by atoms with Gasteiger partial charge < -0.3 is 11.1 Å². The highest BCUT2D eigenvalue weighted by Crippen LogP contribution is 2.41. The summed E-state index contributed by atoms with van der Waals surface area (Å²) in [5.41, 5.74) is 7.32. The molecule has 2 aliphatic carbocycles. The lowest BCUT2D eigenvalue weighted by Gasteiger charge is -2.43. The first-order valence-electron chi connectivity index (χ1n) is 9.20. The van der Waals surface area contributed by atoms with Crippen molar-refractivity contribution >= 4 is 5.91 Å². The van der Waals surface area contributed by atoms with Crippen molar-refractivity contribution in [3.63, 3.8) is 0 Å². The number of nitrogens with one attached hydrogen (secondary N) is 1. The Kier molecular flexibility index (Phi) is 4.53. The van der Waals surface area contributed by atoms with Crippen molar-refractivity contribution in [2.24, 2.45) is 23.5 Å². The molecular formula is C19H25N5O. The number of para-hydroxylation sites is 1. The molecule has 1 heterocycles. The maximum Gasteiger partial charge on any atom is 0.223 e. The average Bonchev–Trinajstić information content (AvgIpc) is 3.09. The molecule has 0 aliphatic heterocycles. The van der Waals surface area contributed by atoms with Crippen LogP contribution in [-0.2, 0) is 11.3 Å². The molecule has 2 bridgehead atoms. The van der Waals surface area contributed by atoms with E-state index >= 15 is 0 Å². The Hall–Kier alpha value is -2.21. The van der Waals surface area contributed by atoms with Crippen LogP contribution >= 0.6 is 0 Å². The van der Waals surface area contributed by atoms with Crippen LogP contribution in [0.4, 0.5) is 0 Å². The fourth-order valence-corrected chi connectivity index (χ4v) is 4.50. The van der Waals surface area contributed by atoms with Gasteiger partial charge >= 0.3 is 0 Å². The molecule has 1 aromatic heterocycles. The molecule has 3 N–H and O–H groups in total. The molecule has 1 amide bonds. The third-order valence-electron chi connectivity index (χ3n) is 5.86. The molecule has 25 heavy (non-hydrogen) atoms. The van der Waals surface area contributed by atoms with Gasteiger partial charge in [0.15, 0.2) is 5.82 Å². The van der Waals surface area contributed by atoms with Crippen LogP contribution in [0.2, 0.25) is 0 Å². The lowest BCUT2D eigenvalue weighted by atomic mass is 9.65. The number of hydrogen-bond donors (Lipinski definition) is 2. The fraction of sp³-hybridized carbons (Fsp3) is 0.526. The maximum atomic E-state index is 12.7. The summed E-state index contributed by atoms with van der Waals surface area (Å²) in [7, 11) is 0. The van der Waals surface area contributed by atoms with E-state index in [4.69, 9.17) is 5.73 Å². The normalized spacial score (nSPS) is 28.5. The Morgan fingerprint density at radius 2 is 1.92 bits per heavy atom. The number of nitrogens with two attached hydrogens (primary N) is 1. The minimum absolute atomic E-state index is 0.0863. The van der Waals surface area contributed by atoms with E-state index in [9.17, 15) is 4.79 Å². The summed E-state index contributed by atoms with van der Waals surface area (Å²) >= 11 is 0. The van der Waals surface area contributed by atoms with E-state index in [1.54, 1.807) is 6.33 Å². The highest BCUT2D eigenvalue weighted by molar-refractivity contribution is 5.78. The molecule has 1 aromatic carbocycles. The van der Waals surface area contributed by atoms with Gasteiger partial charge in [-0.25, -0.2) is 0 Å². The van der Waals surface area contributed by atoms with Crippen LogP contribution in [0.5, 0.6) is 0 Å². The SMILES string of the molecule is NC1C2CCCC1CC(C(=O)NCc1nncn1-c1ccccc1)C2. The maximum absolute atomic E-state index is 12.7. The summed E-state index contributed by atoms with van der Waals surface area (Å²) in [5.74, 6) is 1.98. The molecule has 6 heteroatoms. The zero-order valence-electron chi connectivity index (χ0n) is 14.3. The second kappa shape index (κ2) is 6.96. The van der Waals surface area contributed by atoms with Gasteiger partial charge in [-0.1, -0.05) is 24.6 Å². The van der Waals surface area contributed by atoms with Gasteiger partial charge in [0, 0.05) is 17.6 Å². The number of hydrogen-bond acceptors (Lipinski definition) is 4. The number of nitrogens with zero attached hydrogens (tertiary/aromatic N) is 3. The van der Waals surface area contributed by atoms with E-state index in [2.05, 4.69) is 15.5 Å². The van der Waals surface area contributed by atoms with Crippen molar-refractivity contribution in [2.75, 3.05) is 0 Å². The van der Waals surface area contributed by atoms with Crippen LogP contribution in [0.1, 0.15) is 37.9 Å². The van der Waals surface area contributed by atoms with Gasteiger partial charge in [0.2, 0.25) is 5.91 Å². The molecule has 2 aliphatic rings. The summed E-state index contributed by atoms with van der Waals surface area (Å²) < 4.78 is 1.91. The van der Waals surface area contributed by atoms with Gasteiger partial charge in [-0.05, 0) is 49.7 Å². The van der Waals surface area contributed by atoms with Crippen LogP contribution in [0.3, 0.4) is 0 Å². The van der Waals surface area contributed by atoms with Crippen molar-refractivity contribution in [3.8, 4) is 5.69 Å². The third-order valence-corrected chi connectivity index (χ3v) is 5.86. The van der Waals surface area contributed by atoms with Gasteiger partial charge in [0.05, 0.1) is 6.54 Å². The van der Waals surface area contributed by atoms with E-state index in [-0.39, 0.29) is 11.8 Å². The van der Waals surface area contributed by atoms with Crippen LogP contribution in [0, 0.1) is 17.8 Å². The van der Waals surface area contributed by atoms with Crippen molar-refractivity contribution < 1.29 is 4.79 Å². The van der Waals surface area contributed by atoms with Crippen molar-refractivity contribution in [1.29, 1.82) is 0 Å². The number of rotatable bonds is 4. The molecule has 0 saturated heterocycles. The molecule has 0 spiro atoms. The van der Waals surface area contributed by atoms with Crippen LogP contribution in [0.25, 0.3) is 5.69 Å². The zero-order chi connectivity index (χ0) is 17.2. The van der Waals surface area contributed by atoms with E-state index in [0.29, 0.717) is 24.4 Å². The van der Waals surface area contributed by atoms with Crippen molar-refractivity contribution in [1.82, 2.24) is 20.1 Å². The zero-order valence-corrected chi connectivity index (χ0v) is 14.3. The van der Waals surface area contributed by atoms with E-state index < -0.39 is 0 Å². The highest BCUT2D eigenvalue weighted by Gasteiger charge is 2.40. The molecule has 2 saturated carbocycles. The van der Waals surface area contributed by atoms with Gasteiger partial charge in [-0.2, -0.15) is 0 Å². The Morgan fingerprint density at radius 1 is 1.20 bits per heavy atom. The summed E-state index contributed by atoms with van der Waals surface area (Å²) in [6.07, 6.45) is 7.13. The smallest absolute Gasteiger partial charge is 0.223 e. The second-order valence-corrected chi connectivity index (χ2v) is 7.37. The highest BCUT2D eigenvalue weighted by atomic mass is 16.1. The topological polar surface area (TPSA) is 85.8 Å². The van der Waals surface area contributed by atoms with E-state index in [1.807, 2.05) is 34.9 Å². The summed E-state index contributed by atoms with van der Waals surface area (Å²) in [5, 5.41) is 11.2. The fourth-order valence-electron chi connectivity index (χ4n) is 4.50. The molecule has 0 radical (unpaired) electrons. The quantitative estimate of drug-likeness (QED) is 0.892. The van der Waals surface area contributed by atoms with Gasteiger partial charge in [0.1, 0.15) is 6.33 Å². The minimum Gasteiger partial charge on any atom is -0.349 e. The molecule has 4 rings (SSSR count). The number of carbonyl (C=O) groups excluding carboxylic acids is 1. The molecule has 132 valence electrons. The van der Waals surface area contributed by atoms with Crippen molar-refractivity contribution in [2.45, 2.75) is 44.7 Å².